The van der Waals surface area contributed by atoms with Crippen molar-refractivity contribution >= 4 is 17.7 Å². The van der Waals surface area contributed by atoms with Crippen LogP contribution in [0.2, 0.25) is 0 Å². The van der Waals surface area contributed by atoms with Gasteiger partial charge in [0.2, 0.25) is 0 Å². The molecule has 116 valence electrons. The van der Waals surface area contributed by atoms with E-state index < -0.39 is 35.5 Å². The summed E-state index contributed by atoms with van der Waals surface area (Å²) < 4.78 is 50.5. The van der Waals surface area contributed by atoms with Crippen LogP contribution in [-0.4, -0.2) is 23.7 Å². The first kappa shape index (κ1) is 16.7. The molecule has 0 saturated heterocycles. The van der Waals surface area contributed by atoms with Crippen LogP contribution in [0, 0.1) is 11.7 Å². The Labute approximate surface area is 117 Å². The Kier molecular flexibility index (Phi) is 5.12. The first-order chi connectivity index (χ1) is 9.61. The van der Waals surface area contributed by atoms with E-state index in [0.29, 0.717) is 12.1 Å². The van der Waals surface area contributed by atoms with Crippen LogP contribution < -0.4 is 10.6 Å². The largest absolute Gasteiger partial charge is 0.481 e. The predicted molar refractivity (Wildman–Crippen MR) is 65.2 cm³/mol. The van der Waals surface area contributed by atoms with Gasteiger partial charge in [-0.3, -0.25) is 4.79 Å². The third-order valence-corrected chi connectivity index (χ3v) is 2.52. The van der Waals surface area contributed by atoms with Crippen molar-refractivity contribution in [3.63, 3.8) is 0 Å². The van der Waals surface area contributed by atoms with E-state index in [1.54, 1.807) is 0 Å². The normalized spacial score (nSPS) is 12.6. The molecule has 0 heterocycles. The fraction of sp³-hybridized carbons (Fsp3) is 0.333. The molecular formula is C12H12F4N2O3. The zero-order valence-corrected chi connectivity index (χ0v) is 10.8. The molecule has 1 rings (SSSR count). The van der Waals surface area contributed by atoms with Crippen molar-refractivity contribution in [2.24, 2.45) is 5.92 Å². The number of carboxylic acid groups (broad SMARTS) is 1. The number of amides is 2. The standard InChI is InChI=1S/C12H12F4N2O3/c1-6(10(19)20)5-17-11(21)18-7-2-3-9(13)8(4-7)12(14,15)16/h2-4,6H,5H2,1H3,(H,19,20)(H2,17,18,21). The van der Waals surface area contributed by atoms with Gasteiger partial charge in [-0.25, -0.2) is 9.18 Å². The lowest BCUT2D eigenvalue weighted by atomic mass is 10.2. The summed E-state index contributed by atoms with van der Waals surface area (Å²) in [6.45, 7) is 1.15. The highest BCUT2D eigenvalue weighted by Crippen LogP contribution is 2.32. The lowest BCUT2D eigenvalue weighted by molar-refractivity contribution is -0.141. The number of carboxylic acids is 1. The molecule has 0 aliphatic carbocycles. The summed E-state index contributed by atoms with van der Waals surface area (Å²) in [5, 5.41) is 12.8. The molecule has 1 unspecified atom stereocenters. The third kappa shape index (κ3) is 4.93. The Morgan fingerprint density at radius 3 is 2.48 bits per heavy atom. The van der Waals surface area contributed by atoms with Crippen LogP contribution in [0.3, 0.4) is 0 Å². The smallest absolute Gasteiger partial charge is 0.419 e. The molecule has 0 spiro atoms. The highest BCUT2D eigenvalue weighted by atomic mass is 19.4. The summed E-state index contributed by atoms with van der Waals surface area (Å²) in [6, 6.07) is 1.11. The van der Waals surface area contributed by atoms with E-state index in [1.807, 2.05) is 0 Å². The Morgan fingerprint density at radius 2 is 1.95 bits per heavy atom. The lowest BCUT2D eigenvalue weighted by Crippen LogP contribution is -2.34. The highest BCUT2D eigenvalue weighted by molar-refractivity contribution is 5.89. The van der Waals surface area contributed by atoms with Crippen LogP contribution in [0.1, 0.15) is 12.5 Å². The molecule has 0 aromatic heterocycles. The number of halogens is 4. The van der Waals surface area contributed by atoms with E-state index in [-0.39, 0.29) is 12.2 Å². The summed E-state index contributed by atoms with van der Waals surface area (Å²) in [4.78, 5) is 21.9. The van der Waals surface area contributed by atoms with E-state index in [0.717, 1.165) is 6.07 Å². The molecule has 21 heavy (non-hydrogen) atoms. The van der Waals surface area contributed by atoms with Crippen molar-refractivity contribution in [2.75, 3.05) is 11.9 Å². The molecule has 0 saturated carbocycles. The number of alkyl halides is 3. The van der Waals surface area contributed by atoms with Crippen LogP contribution >= 0.6 is 0 Å². The summed E-state index contributed by atoms with van der Waals surface area (Å²) >= 11 is 0. The molecule has 0 fully saturated rings. The Balaban J connectivity index is 2.71. The molecule has 1 aromatic rings. The maximum atomic E-state index is 13.0. The van der Waals surface area contributed by atoms with Crippen molar-refractivity contribution < 1.29 is 32.3 Å². The first-order valence-electron chi connectivity index (χ1n) is 5.75. The minimum Gasteiger partial charge on any atom is -0.481 e. The van der Waals surface area contributed by atoms with Gasteiger partial charge in [-0.2, -0.15) is 13.2 Å². The van der Waals surface area contributed by atoms with Crippen molar-refractivity contribution in [3.05, 3.63) is 29.6 Å². The Hall–Kier alpha value is -2.32. The van der Waals surface area contributed by atoms with Gasteiger partial charge in [0.25, 0.3) is 0 Å². The van der Waals surface area contributed by atoms with E-state index in [4.69, 9.17) is 5.11 Å². The van der Waals surface area contributed by atoms with Crippen LogP contribution in [0.25, 0.3) is 0 Å². The minimum atomic E-state index is -4.88. The molecule has 3 N–H and O–H groups in total. The summed E-state index contributed by atoms with van der Waals surface area (Å²) in [7, 11) is 0. The molecular weight excluding hydrogens is 296 g/mol. The van der Waals surface area contributed by atoms with Crippen LogP contribution in [0.5, 0.6) is 0 Å². The van der Waals surface area contributed by atoms with Gasteiger partial charge in [-0.1, -0.05) is 6.92 Å². The number of aliphatic carboxylic acids is 1. The maximum absolute atomic E-state index is 13.0. The molecule has 0 aliphatic rings. The van der Waals surface area contributed by atoms with Gasteiger partial charge in [0.15, 0.2) is 0 Å². The molecule has 5 nitrogen and oxygen atoms in total. The maximum Gasteiger partial charge on any atom is 0.419 e. The average Bonchev–Trinajstić information content (AvgIpc) is 2.36. The van der Waals surface area contributed by atoms with Crippen molar-refractivity contribution in [1.82, 2.24) is 5.32 Å². The number of hydrogen-bond donors (Lipinski definition) is 3. The molecule has 2 amide bonds. The van der Waals surface area contributed by atoms with E-state index in [9.17, 15) is 27.2 Å². The van der Waals surface area contributed by atoms with E-state index in [2.05, 4.69) is 10.6 Å². The van der Waals surface area contributed by atoms with Crippen molar-refractivity contribution in [2.45, 2.75) is 13.1 Å². The van der Waals surface area contributed by atoms with Crippen molar-refractivity contribution in [3.8, 4) is 0 Å². The summed E-state index contributed by atoms with van der Waals surface area (Å²) in [5.41, 5.74) is -1.76. The van der Waals surface area contributed by atoms with Gasteiger partial charge in [-0.05, 0) is 18.2 Å². The second-order valence-electron chi connectivity index (χ2n) is 4.27. The lowest BCUT2D eigenvalue weighted by Gasteiger charge is -2.12. The monoisotopic (exact) mass is 308 g/mol. The second-order valence-corrected chi connectivity index (χ2v) is 4.27. The molecule has 0 bridgehead atoms. The Bertz CT molecular complexity index is 546. The number of rotatable bonds is 4. The van der Waals surface area contributed by atoms with Crippen LogP contribution in [0.15, 0.2) is 18.2 Å². The topological polar surface area (TPSA) is 78.4 Å². The van der Waals surface area contributed by atoms with E-state index >= 15 is 0 Å². The number of carbonyl (C=O) groups excluding carboxylic acids is 1. The summed E-state index contributed by atoms with van der Waals surface area (Å²) in [6.07, 6.45) is -4.88. The second kappa shape index (κ2) is 6.42. The number of urea groups is 1. The first-order valence-corrected chi connectivity index (χ1v) is 5.75. The SMILES string of the molecule is CC(CNC(=O)Nc1ccc(F)c(C(F)(F)F)c1)C(=O)O. The van der Waals surface area contributed by atoms with Gasteiger partial charge in [0.1, 0.15) is 5.82 Å². The number of nitrogens with one attached hydrogen (secondary N) is 2. The number of benzene rings is 1. The minimum absolute atomic E-state index is 0.200. The van der Waals surface area contributed by atoms with Crippen LogP contribution in [-0.2, 0) is 11.0 Å². The van der Waals surface area contributed by atoms with Gasteiger partial charge in [-0.15, -0.1) is 0 Å². The fourth-order valence-corrected chi connectivity index (χ4v) is 1.33. The fourth-order valence-electron chi connectivity index (χ4n) is 1.33. The van der Waals surface area contributed by atoms with Gasteiger partial charge in [0.05, 0.1) is 11.5 Å². The zero-order chi connectivity index (χ0) is 16.2. The van der Waals surface area contributed by atoms with Gasteiger partial charge < -0.3 is 15.7 Å². The Morgan fingerprint density at radius 1 is 1.33 bits per heavy atom. The number of hydrogen-bond acceptors (Lipinski definition) is 2. The van der Waals surface area contributed by atoms with Crippen molar-refractivity contribution in [1.29, 1.82) is 0 Å². The van der Waals surface area contributed by atoms with Crippen LogP contribution in [0.4, 0.5) is 28.0 Å². The van der Waals surface area contributed by atoms with Gasteiger partial charge >= 0.3 is 18.2 Å². The third-order valence-electron chi connectivity index (χ3n) is 2.52. The highest BCUT2D eigenvalue weighted by Gasteiger charge is 2.34. The van der Waals surface area contributed by atoms with E-state index in [1.165, 1.54) is 6.92 Å². The molecule has 0 aliphatic heterocycles. The zero-order valence-electron chi connectivity index (χ0n) is 10.8. The van der Waals surface area contributed by atoms with Gasteiger partial charge in [0, 0.05) is 12.2 Å². The molecule has 9 heteroatoms. The molecule has 1 aromatic carbocycles. The summed E-state index contributed by atoms with van der Waals surface area (Å²) in [5.74, 6) is -3.43. The quantitative estimate of drug-likeness (QED) is 0.748. The molecule has 0 radical (unpaired) electrons. The average molecular weight is 308 g/mol. The predicted octanol–water partition coefficient (Wildman–Crippen LogP) is 2.69. The number of anilines is 1. The number of carbonyl (C=O) groups is 2. The molecule has 1 atom stereocenters.